The largest absolute Gasteiger partial charge is 0.327 e. The zero-order valence-electron chi connectivity index (χ0n) is 12.4. The van der Waals surface area contributed by atoms with Crippen LogP contribution in [0, 0.1) is 12.3 Å². The maximum absolute atomic E-state index is 6.52. The molecule has 1 aromatic heterocycles. The highest BCUT2D eigenvalue weighted by atomic mass is 35.5. The Morgan fingerprint density at radius 1 is 1.37 bits per heavy atom. The van der Waals surface area contributed by atoms with Crippen molar-refractivity contribution in [3.05, 3.63) is 16.4 Å². The van der Waals surface area contributed by atoms with Crippen molar-refractivity contribution in [2.45, 2.75) is 71.9 Å². The van der Waals surface area contributed by atoms with Crippen LogP contribution in [0.1, 0.15) is 57.3 Å². The van der Waals surface area contributed by atoms with Crippen molar-refractivity contribution < 1.29 is 0 Å². The summed E-state index contributed by atoms with van der Waals surface area (Å²) in [5.41, 5.74) is 8.81. The van der Waals surface area contributed by atoms with Crippen LogP contribution in [0.2, 0.25) is 5.02 Å². The van der Waals surface area contributed by atoms with Gasteiger partial charge in [-0.05, 0) is 32.1 Å². The molecule has 0 bridgehead atoms. The molecule has 2 rings (SSSR count). The van der Waals surface area contributed by atoms with Gasteiger partial charge in [0.05, 0.1) is 16.4 Å². The van der Waals surface area contributed by atoms with Crippen LogP contribution in [0.25, 0.3) is 0 Å². The normalized spacial score (nSPS) is 20.5. The first-order valence-corrected chi connectivity index (χ1v) is 7.83. The molecular formula is C15H26ClN3. The number of nitrogens with zero attached hydrogens (tertiary/aromatic N) is 2. The minimum atomic E-state index is 0.173. The van der Waals surface area contributed by atoms with E-state index in [1.54, 1.807) is 0 Å². The molecule has 3 nitrogen and oxygen atoms in total. The molecule has 1 unspecified atom stereocenters. The van der Waals surface area contributed by atoms with E-state index in [2.05, 4.69) is 18.9 Å². The van der Waals surface area contributed by atoms with Crippen molar-refractivity contribution >= 4 is 11.6 Å². The molecule has 1 atom stereocenters. The lowest BCUT2D eigenvalue weighted by Gasteiger charge is -2.39. The molecule has 108 valence electrons. The SMILES string of the molecule is CCn1nc(C)c(Cl)c1CC(N)C1(C)CCCCC1. The van der Waals surface area contributed by atoms with Gasteiger partial charge in [-0.2, -0.15) is 5.10 Å². The van der Waals surface area contributed by atoms with Crippen LogP contribution in [0.4, 0.5) is 0 Å². The van der Waals surface area contributed by atoms with Crippen LogP contribution in [0.3, 0.4) is 0 Å². The molecule has 0 spiro atoms. The second-order valence-corrected chi connectivity index (χ2v) is 6.57. The highest BCUT2D eigenvalue weighted by Gasteiger charge is 2.34. The van der Waals surface area contributed by atoms with Crippen LogP contribution in [-0.2, 0) is 13.0 Å². The lowest BCUT2D eigenvalue weighted by atomic mass is 9.69. The molecule has 1 aliphatic carbocycles. The van der Waals surface area contributed by atoms with Crippen LogP contribution in [-0.4, -0.2) is 15.8 Å². The van der Waals surface area contributed by atoms with E-state index in [0.717, 1.165) is 29.4 Å². The number of hydrogen-bond acceptors (Lipinski definition) is 2. The Morgan fingerprint density at radius 2 is 2.00 bits per heavy atom. The molecule has 1 saturated carbocycles. The number of aryl methyl sites for hydroxylation is 2. The zero-order chi connectivity index (χ0) is 14.0. The first kappa shape index (κ1) is 14.9. The number of rotatable bonds is 4. The molecule has 4 heteroatoms. The number of nitrogens with two attached hydrogens (primary N) is 1. The fourth-order valence-electron chi connectivity index (χ4n) is 3.25. The molecule has 1 heterocycles. The molecule has 19 heavy (non-hydrogen) atoms. The fourth-order valence-corrected chi connectivity index (χ4v) is 3.46. The molecule has 1 fully saturated rings. The van der Waals surface area contributed by atoms with Crippen molar-refractivity contribution in [1.29, 1.82) is 0 Å². The van der Waals surface area contributed by atoms with Gasteiger partial charge < -0.3 is 5.73 Å². The van der Waals surface area contributed by atoms with E-state index in [4.69, 9.17) is 17.3 Å². The smallest absolute Gasteiger partial charge is 0.0847 e. The fraction of sp³-hybridized carbons (Fsp3) is 0.800. The Balaban J connectivity index is 2.16. The van der Waals surface area contributed by atoms with Gasteiger partial charge in [0.2, 0.25) is 0 Å². The summed E-state index contributed by atoms with van der Waals surface area (Å²) in [6.07, 6.45) is 7.29. The van der Waals surface area contributed by atoms with Gasteiger partial charge >= 0.3 is 0 Å². The molecule has 1 aliphatic rings. The summed E-state index contributed by atoms with van der Waals surface area (Å²) in [7, 11) is 0. The van der Waals surface area contributed by atoms with Gasteiger partial charge in [0.15, 0.2) is 0 Å². The third-order valence-electron chi connectivity index (χ3n) is 4.76. The lowest BCUT2D eigenvalue weighted by Crippen LogP contribution is -2.43. The average Bonchev–Trinajstić information content (AvgIpc) is 2.67. The van der Waals surface area contributed by atoms with Crippen LogP contribution in [0.15, 0.2) is 0 Å². The van der Waals surface area contributed by atoms with Gasteiger partial charge in [0.1, 0.15) is 0 Å². The predicted molar refractivity (Wildman–Crippen MR) is 80.5 cm³/mol. The van der Waals surface area contributed by atoms with Crippen molar-refractivity contribution in [3.63, 3.8) is 0 Å². The second-order valence-electron chi connectivity index (χ2n) is 6.19. The second kappa shape index (κ2) is 5.84. The number of halogens is 1. The van der Waals surface area contributed by atoms with E-state index in [-0.39, 0.29) is 11.5 Å². The van der Waals surface area contributed by atoms with Crippen molar-refractivity contribution in [1.82, 2.24) is 9.78 Å². The van der Waals surface area contributed by atoms with E-state index in [1.165, 1.54) is 32.1 Å². The summed E-state index contributed by atoms with van der Waals surface area (Å²) in [5.74, 6) is 0. The van der Waals surface area contributed by atoms with Gasteiger partial charge in [-0.3, -0.25) is 4.68 Å². The molecule has 0 amide bonds. The Bertz CT molecular complexity index is 433. The van der Waals surface area contributed by atoms with Gasteiger partial charge in [-0.1, -0.05) is 37.8 Å². The number of aromatic nitrogens is 2. The van der Waals surface area contributed by atoms with Crippen LogP contribution >= 0.6 is 11.6 Å². The summed E-state index contributed by atoms with van der Waals surface area (Å²) in [6, 6.07) is 0.173. The number of hydrogen-bond donors (Lipinski definition) is 1. The average molecular weight is 284 g/mol. The quantitative estimate of drug-likeness (QED) is 0.915. The van der Waals surface area contributed by atoms with Crippen LogP contribution in [0.5, 0.6) is 0 Å². The minimum absolute atomic E-state index is 0.173. The monoisotopic (exact) mass is 283 g/mol. The van der Waals surface area contributed by atoms with E-state index in [1.807, 2.05) is 11.6 Å². The van der Waals surface area contributed by atoms with E-state index >= 15 is 0 Å². The van der Waals surface area contributed by atoms with Crippen molar-refractivity contribution in [2.75, 3.05) is 0 Å². The molecule has 0 saturated heterocycles. The van der Waals surface area contributed by atoms with E-state index in [0.29, 0.717) is 0 Å². The zero-order valence-corrected chi connectivity index (χ0v) is 13.1. The van der Waals surface area contributed by atoms with E-state index < -0.39 is 0 Å². The molecule has 0 aromatic carbocycles. The van der Waals surface area contributed by atoms with E-state index in [9.17, 15) is 0 Å². The highest BCUT2D eigenvalue weighted by Crippen LogP contribution is 2.39. The Labute approximate surface area is 121 Å². The van der Waals surface area contributed by atoms with Gasteiger partial charge in [0, 0.05) is 19.0 Å². The van der Waals surface area contributed by atoms with Gasteiger partial charge in [-0.25, -0.2) is 0 Å². The Hall–Kier alpha value is -0.540. The van der Waals surface area contributed by atoms with Crippen molar-refractivity contribution in [2.24, 2.45) is 11.1 Å². The van der Waals surface area contributed by atoms with Gasteiger partial charge in [0.25, 0.3) is 0 Å². The third kappa shape index (κ3) is 2.97. The minimum Gasteiger partial charge on any atom is -0.327 e. The Morgan fingerprint density at radius 3 is 2.58 bits per heavy atom. The summed E-state index contributed by atoms with van der Waals surface area (Å²) >= 11 is 6.38. The lowest BCUT2D eigenvalue weighted by molar-refractivity contribution is 0.167. The summed E-state index contributed by atoms with van der Waals surface area (Å²) in [6.45, 7) is 7.25. The van der Waals surface area contributed by atoms with Crippen molar-refractivity contribution in [3.8, 4) is 0 Å². The van der Waals surface area contributed by atoms with Gasteiger partial charge in [-0.15, -0.1) is 0 Å². The topological polar surface area (TPSA) is 43.8 Å². The maximum Gasteiger partial charge on any atom is 0.0847 e. The molecule has 0 radical (unpaired) electrons. The summed E-state index contributed by atoms with van der Waals surface area (Å²) in [4.78, 5) is 0. The first-order valence-electron chi connectivity index (χ1n) is 7.45. The molecule has 2 N–H and O–H groups in total. The predicted octanol–water partition coefficient (Wildman–Crippen LogP) is 3.71. The standard InChI is InChI=1S/C15H26ClN3/c1-4-19-12(14(16)11(2)18-19)10-13(17)15(3)8-6-5-7-9-15/h13H,4-10,17H2,1-3H3. The highest BCUT2D eigenvalue weighted by molar-refractivity contribution is 6.31. The van der Waals surface area contributed by atoms with Crippen LogP contribution < -0.4 is 5.73 Å². The Kier molecular flexibility index (Phi) is 4.57. The molecule has 1 aromatic rings. The summed E-state index contributed by atoms with van der Waals surface area (Å²) < 4.78 is 2.00. The molecular weight excluding hydrogens is 258 g/mol. The summed E-state index contributed by atoms with van der Waals surface area (Å²) in [5, 5.41) is 5.28. The third-order valence-corrected chi connectivity index (χ3v) is 5.25. The first-order chi connectivity index (χ1) is 8.98. The molecule has 0 aliphatic heterocycles. The maximum atomic E-state index is 6.52.